The molecule has 2 rings (SSSR count). The van der Waals surface area contributed by atoms with Crippen LogP contribution in [-0.2, 0) is 0 Å². The fourth-order valence-corrected chi connectivity index (χ4v) is 2.39. The second-order valence-electron chi connectivity index (χ2n) is 4.27. The Morgan fingerprint density at radius 3 is 3.06 bits per heavy atom. The van der Waals surface area contributed by atoms with E-state index in [-0.39, 0.29) is 5.91 Å². The van der Waals surface area contributed by atoms with E-state index in [0.717, 1.165) is 22.8 Å². The summed E-state index contributed by atoms with van der Waals surface area (Å²) in [5, 5.41) is 4.04. The van der Waals surface area contributed by atoms with E-state index in [1.807, 2.05) is 24.4 Å². The van der Waals surface area contributed by atoms with Crippen molar-refractivity contribution in [2.75, 3.05) is 0 Å². The number of halogens is 1. The molecule has 0 saturated carbocycles. The van der Waals surface area contributed by atoms with E-state index in [1.165, 1.54) is 0 Å². The van der Waals surface area contributed by atoms with Crippen LogP contribution in [0.3, 0.4) is 0 Å². The van der Waals surface area contributed by atoms with E-state index in [1.54, 1.807) is 6.07 Å². The first-order valence-electron chi connectivity index (χ1n) is 6.00. The number of carbonyl (C=O) groups is 1. The Morgan fingerprint density at radius 1 is 1.44 bits per heavy atom. The highest BCUT2D eigenvalue weighted by molar-refractivity contribution is 14.1. The normalized spacial score (nSPS) is 19.1. The highest BCUT2D eigenvalue weighted by Crippen LogP contribution is 2.15. The predicted octanol–water partition coefficient (Wildman–Crippen LogP) is 3.36. The quantitative estimate of drug-likeness (QED) is 0.385. The maximum absolute atomic E-state index is 11.8. The molecule has 1 N–H and O–H groups in total. The van der Waals surface area contributed by atoms with Crippen LogP contribution in [-0.4, -0.2) is 12.1 Å². The number of hydrogen-bond donors (Lipinski definition) is 1. The molecular weight excluding hydrogens is 339 g/mol. The Bertz CT molecular complexity index is 482. The molecule has 0 unspecified atom stereocenters. The molecule has 0 heterocycles. The molecule has 1 aliphatic carbocycles. The van der Waals surface area contributed by atoms with Crippen LogP contribution < -0.4 is 5.43 Å². The molecule has 0 radical (unpaired) electrons. The van der Waals surface area contributed by atoms with Crippen molar-refractivity contribution < 1.29 is 4.79 Å². The van der Waals surface area contributed by atoms with Gasteiger partial charge in [-0.05, 0) is 66.0 Å². The second-order valence-corrected chi connectivity index (χ2v) is 5.52. The molecule has 0 saturated heterocycles. The van der Waals surface area contributed by atoms with Gasteiger partial charge in [-0.3, -0.25) is 4.79 Å². The van der Waals surface area contributed by atoms with Crippen LogP contribution in [0.1, 0.15) is 29.6 Å². The summed E-state index contributed by atoms with van der Waals surface area (Å²) in [6.07, 6.45) is 9.43. The Labute approximate surface area is 120 Å². The number of allylic oxidation sites excluding steroid dienone is 2. The minimum Gasteiger partial charge on any atom is -0.267 e. The van der Waals surface area contributed by atoms with Gasteiger partial charge in [-0.15, -0.1) is 0 Å². The maximum Gasteiger partial charge on any atom is 0.271 e. The van der Waals surface area contributed by atoms with E-state index in [0.29, 0.717) is 11.5 Å². The van der Waals surface area contributed by atoms with Crippen molar-refractivity contribution in [1.82, 2.24) is 5.43 Å². The number of benzene rings is 1. The second kappa shape index (κ2) is 6.68. The summed E-state index contributed by atoms with van der Waals surface area (Å²) in [6.45, 7) is 0. The largest absolute Gasteiger partial charge is 0.271 e. The van der Waals surface area contributed by atoms with E-state index in [9.17, 15) is 4.79 Å². The summed E-state index contributed by atoms with van der Waals surface area (Å²) < 4.78 is 1.04. The van der Waals surface area contributed by atoms with E-state index >= 15 is 0 Å². The number of carbonyl (C=O) groups excluding carboxylic acids is 1. The van der Waals surface area contributed by atoms with Crippen LogP contribution >= 0.6 is 22.6 Å². The fourth-order valence-electron chi connectivity index (χ4n) is 1.85. The summed E-state index contributed by atoms with van der Waals surface area (Å²) in [5.41, 5.74) is 3.22. The topological polar surface area (TPSA) is 41.5 Å². The zero-order chi connectivity index (χ0) is 12.8. The molecule has 0 fully saturated rings. The highest BCUT2D eigenvalue weighted by atomic mass is 127. The zero-order valence-corrected chi connectivity index (χ0v) is 12.1. The number of hydrogen-bond acceptors (Lipinski definition) is 2. The van der Waals surface area contributed by atoms with Crippen LogP contribution in [0.2, 0.25) is 0 Å². The summed E-state index contributed by atoms with van der Waals surface area (Å²) in [7, 11) is 0. The third-order valence-electron chi connectivity index (χ3n) is 2.85. The smallest absolute Gasteiger partial charge is 0.267 e. The standard InChI is InChI=1S/C14H15IN2O/c15-13-8-4-7-12(9-13)14(18)17-16-10-11-5-2-1-3-6-11/h1-2,4,7-11H,3,5-6H2,(H,17,18)/b16-10-/t11-/m1/s1. The van der Waals surface area contributed by atoms with Crippen molar-refractivity contribution in [3.63, 3.8) is 0 Å². The Balaban J connectivity index is 1.88. The molecule has 0 aliphatic heterocycles. The molecule has 94 valence electrons. The monoisotopic (exact) mass is 354 g/mol. The van der Waals surface area contributed by atoms with Crippen molar-refractivity contribution in [1.29, 1.82) is 0 Å². The van der Waals surface area contributed by atoms with Gasteiger partial charge in [-0.25, -0.2) is 5.43 Å². The number of nitrogens with one attached hydrogen (secondary N) is 1. The first kappa shape index (κ1) is 13.3. The van der Waals surface area contributed by atoms with Gasteiger partial charge in [0, 0.05) is 15.3 Å². The molecular formula is C14H15IN2O. The summed E-state index contributed by atoms with van der Waals surface area (Å²) in [5.74, 6) is 0.294. The summed E-state index contributed by atoms with van der Waals surface area (Å²) >= 11 is 2.19. The molecule has 1 amide bonds. The number of hydrazone groups is 1. The van der Waals surface area contributed by atoms with Crippen molar-refractivity contribution in [2.45, 2.75) is 19.3 Å². The van der Waals surface area contributed by atoms with E-state index < -0.39 is 0 Å². The van der Waals surface area contributed by atoms with Gasteiger partial charge in [0.2, 0.25) is 0 Å². The van der Waals surface area contributed by atoms with Crippen LogP contribution in [0.4, 0.5) is 0 Å². The Morgan fingerprint density at radius 2 is 2.33 bits per heavy atom. The van der Waals surface area contributed by atoms with Crippen molar-refractivity contribution in [3.8, 4) is 0 Å². The lowest BCUT2D eigenvalue weighted by Gasteiger charge is -2.11. The van der Waals surface area contributed by atoms with Gasteiger partial charge in [0.05, 0.1) is 0 Å². The Kier molecular flexibility index (Phi) is 4.92. The van der Waals surface area contributed by atoms with Crippen LogP contribution in [0.25, 0.3) is 0 Å². The van der Waals surface area contributed by atoms with Gasteiger partial charge in [0.25, 0.3) is 5.91 Å². The summed E-state index contributed by atoms with van der Waals surface area (Å²) in [4.78, 5) is 11.8. The van der Waals surface area contributed by atoms with Crippen LogP contribution in [0.15, 0.2) is 41.5 Å². The molecule has 1 aromatic rings. The fraction of sp³-hybridized carbons (Fsp3) is 0.286. The van der Waals surface area contributed by atoms with Gasteiger partial charge in [0.1, 0.15) is 0 Å². The third-order valence-corrected chi connectivity index (χ3v) is 3.52. The predicted molar refractivity (Wildman–Crippen MR) is 81.6 cm³/mol. The molecule has 1 aromatic carbocycles. The lowest BCUT2D eigenvalue weighted by Crippen LogP contribution is -2.18. The number of rotatable bonds is 3. The lowest BCUT2D eigenvalue weighted by molar-refractivity contribution is 0.0955. The molecule has 4 heteroatoms. The third kappa shape index (κ3) is 3.94. The SMILES string of the molecule is O=C(N/N=C\[C@@H]1CC=CCC1)c1cccc(I)c1. The van der Waals surface area contributed by atoms with Crippen molar-refractivity contribution in [2.24, 2.45) is 11.0 Å². The molecule has 1 aliphatic rings. The van der Waals surface area contributed by atoms with Crippen LogP contribution in [0, 0.1) is 9.49 Å². The molecule has 1 atom stereocenters. The molecule has 3 nitrogen and oxygen atoms in total. The average Bonchev–Trinajstić information content (AvgIpc) is 2.40. The van der Waals surface area contributed by atoms with Gasteiger partial charge in [-0.1, -0.05) is 18.2 Å². The molecule has 0 bridgehead atoms. The van der Waals surface area contributed by atoms with E-state index in [4.69, 9.17) is 0 Å². The number of nitrogens with zero attached hydrogens (tertiary/aromatic N) is 1. The summed E-state index contributed by atoms with van der Waals surface area (Å²) in [6, 6.07) is 7.45. The first-order chi connectivity index (χ1) is 8.75. The highest BCUT2D eigenvalue weighted by Gasteiger charge is 2.07. The van der Waals surface area contributed by atoms with Crippen molar-refractivity contribution >= 4 is 34.7 Å². The van der Waals surface area contributed by atoms with E-state index in [2.05, 4.69) is 45.3 Å². The molecule has 0 spiro atoms. The molecule has 18 heavy (non-hydrogen) atoms. The van der Waals surface area contributed by atoms with Crippen molar-refractivity contribution in [3.05, 3.63) is 45.6 Å². The van der Waals surface area contributed by atoms with Gasteiger partial charge in [0.15, 0.2) is 0 Å². The van der Waals surface area contributed by atoms with Gasteiger partial charge < -0.3 is 0 Å². The zero-order valence-electron chi connectivity index (χ0n) is 9.97. The van der Waals surface area contributed by atoms with Gasteiger partial charge in [-0.2, -0.15) is 5.10 Å². The minimum absolute atomic E-state index is 0.156. The van der Waals surface area contributed by atoms with Crippen LogP contribution in [0.5, 0.6) is 0 Å². The maximum atomic E-state index is 11.8. The number of amides is 1. The molecule has 0 aromatic heterocycles. The van der Waals surface area contributed by atoms with Gasteiger partial charge >= 0.3 is 0 Å². The average molecular weight is 354 g/mol. The minimum atomic E-state index is -0.156. The lowest BCUT2D eigenvalue weighted by atomic mass is 9.96. The Hall–Kier alpha value is -1.17. The first-order valence-corrected chi connectivity index (χ1v) is 7.07.